The molecule has 2 aliphatic rings. The Morgan fingerprint density at radius 3 is 2.34 bits per heavy atom. The molecule has 0 N–H and O–H groups in total. The molecule has 1 atom stereocenters. The van der Waals surface area contributed by atoms with Gasteiger partial charge in [-0.3, -0.25) is 9.69 Å². The molecular weight excluding hydrogens is 438 g/mol. The fraction of sp³-hybridized carbons (Fsp3) is 0.333. The Morgan fingerprint density at radius 1 is 0.800 bits per heavy atom. The minimum atomic E-state index is -0.355. The van der Waals surface area contributed by atoms with Crippen molar-refractivity contribution in [1.82, 2.24) is 24.4 Å². The zero-order valence-electron chi connectivity index (χ0n) is 19.7. The van der Waals surface area contributed by atoms with E-state index < -0.39 is 0 Å². The van der Waals surface area contributed by atoms with Crippen LogP contribution in [-0.4, -0.2) is 70.0 Å². The molecule has 0 aliphatic carbocycles. The van der Waals surface area contributed by atoms with E-state index in [0.717, 1.165) is 73.7 Å². The summed E-state index contributed by atoms with van der Waals surface area (Å²) in [5.74, 6) is 0.823. The second-order valence-corrected chi connectivity index (χ2v) is 9.19. The third-order valence-corrected chi connectivity index (χ3v) is 7.15. The summed E-state index contributed by atoms with van der Waals surface area (Å²) in [5, 5.41) is 1.05. The Bertz CT molecular complexity index is 1300. The highest BCUT2D eigenvalue weighted by Crippen LogP contribution is 2.32. The van der Waals surface area contributed by atoms with E-state index in [1.807, 2.05) is 41.4 Å². The number of rotatable bonds is 6. The van der Waals surface area contributed by atoms with Gasteiger partial charge in [0.05, 0.1) is 0 Å². The highest BCUT2D eigenvalue weighted by molar-refractivity contribution is 5.79. The van der Waals surface area contributed by atoms with E-state index in [1.54, 1.807) is 6.20 Å². The van der Waals surface area contributed by atoms with Crippen LogP contribution in [0.2, 0.25) is 0 Å². The van der Waals surface area contributed by atoms with E-state index in [2.05, 4.69) is 53.9 Å². The first-order chi connectivity index (χ1) is 17.3. The third-order valence-electron chi connectivity index (χ3n) is 7.15. The summed E-state index contributed by atoms with van der Waals surface area (Å²) >= 11 is 0. The van der Waals surface area contributed by atoms with E-state index in [4.69, 9.17) is 0 Å². The number of hydrogen-bond donors (Lipinski definition) is 0. The van der Waals surface area contributed by atoms with Gasteiger partial charge in [-0.05, 0) is 37.1 Å². The molecule has 5 heterocycles. The number of anilines is 2. The topological polar surface area (TPSA) is 70.4 Å². The van der Waals surface area contributed by atoms with Gasteiger partial charge in [0.1, 0.15) is 11.8 Å². The fourth-order valence-electron chi connectivity index (χ4n) is 5.29. The molecule has 8 heteroatoms. The Hall–Kier alpha value is -3.78. The average Bonchev–Trinajstić information content (AvgIpc) is 3.61. The molecular formula is C27H29N7O. The third kappa shape index (κ3) is 4.14. The maximum atomic E-state index is 12.1. The van der Waals surface area contributed by atoms with Crippen molar-refractivity contribution >= 4 is 29.0 Å². The molecule has 2 fully saturated rings. The molecule has 35 heavy (non-hydrogen) atoms. The van der Waals surface area contributed by atoms with Gasteiger partial charge in [-0.1, -0.05) is 18.2 Å². The van der Waals surface area contributed by atoms with Crippen LogP contribution in [0.5, 0.6) is 0 Å². The van der Waals surface area contributed by atoms with Crippen LogP contribution in [0.25, 0.3) is 22.2 Å². The number of pyridine rings is 1. The maximum Gasteiger partial charge on any atom is 0.225 e. The van der Waals surface area contributed by atoms with Crippen molar-refractivity contribution in [3.8, 4) is 11.1 Å². The Labute approximate surface area is 204 Å². The maximum absolute atomic E-state index is 12.1. The van der Waals surface area contributed by atoms with E-state index in [9.17, 15) is 4.79 Å². The highest BCUT2D eigenvalue weighted by atomic mass is 16.1. The first kappa shape index (κ1) is 21.7. The number of aldehydes is 1. The molecule has 0 saturated carbocycles. The van der Waals surface area contributed by atoms with Gasteiger partial charge in [0.2, 0.25) is 5.95 Å². The van der Waals surface area contributed by atoms with Crippen LogP contribution >= 0.6 is 0 Å². The van der Waals surface area contributed by atoms with Crippen LogP contribution < -0.4 is 9.80 Å². The van der Waals surface area contributed by atoms with Crippen molar-refractivity contribution in [2.24, 2.45) is 0 Å². The molecule has 8 nitrogen and oxygen atoms in total. The second kappa shape index (κ2) is 9.46. The van der Waals surface area contributed by atoms with Crippen LogP contribution in [0.3, 0.4) is 0 Å². The molecule has 2 aliphatic heterocycles. The molecule has 0 amide bonds. The van der Waals surface area contributed by atoms with Gasteiger partial charge in [0.25, 0.3) is 0 Å². The number of aromatic nitrogens is 4. The first-order valence-corrected chi connectivity index (χ1v) is 12.3. The van der Waals surface area contributed by atoms with Crippen LogP contribution in [0.15, 0.2) is 67.3 Å². The van der Waals surface area contributed by atoms with Crippen LogP contribution in [0.4, 0.5) is 11.6 Å². The number of para-hydroxylation sites is 1. The predicted octanol–water partition coefficient (Wildman–Crippen LogP) is 3.61. The van der Waals surface area contributed by atoms with E-state index >= 15 is 0 Å². The zero-order chi connectivity index (χ0) is 23.6. The monoisotopic (exact) mass is 467 g/mol. The molecule has 2 saturated heterocycles. The number of hydrogen-bond acceptors (Lipinski definition) is 7. The van der Waals surface area contributed by atoms with E-state index in [0.29, 0.717) is 0 Å². The smallest absolute Gasteiger partial charge is 0.225 e. The molecule has 0 spiro atoms. The number of nitrogens with zero attached hydrogens (tertiary/aromatic N) is 7. The van der Waals surface area contributed by atoms with Crippen molar-refractivity contribution in [3.63, 3.8) is 0 Å². The summed E-state index contributed by atoms with van der Waals surface area (Å²) < 4.78 is 1.98. The van der Waals surface area contributed by atoms with Crippen molar-refractivity contribution in [3.05, 3.63) is 67.3 Å². The summed E-state index contributed by atoms with van der Waals surface area (Å²) in [7, 11) is 0. The molecule has 4 aromatic rings. The quantitative estimate of drug-likeness (QED) is 0.401. The SMILES string of the molecule is O=CC(N1CCN(c2ccccc2-c2cnc(N3CCCC3)nc2)CC1)n1ccc2cccnc21. The van der Waals surface area contributed by atoms with Gasteiger partial charge in [-0.2, -0.15) is 0 Å². The van der Waals surface area contributed by atoms with Gasteiger partial charge in [0, 0.05) is 86.3 Å². The average molecular weight is 468 g/mol. The molecule has 1 aromatic carbocycles. The summed E-state index contributed by atoms with van der Waals surface area (Å²) in [6.45, 7) is 5.32. The number of carbonyl (C=O) groups is 1. The molecule has 3 aromatic heterocycles. The lowest BCUT2D eigenvalue weighted by molar-refractivity contribution is -0.115. The fourth-order valence-corrected chi connectivity index (χ4v) is 5.29. The van der Waals surface area contributed by atoms with Crippen molar-refractivity contribution < 1.29 is 4.79 Å². The number of piperazine rings is 1. The summed E-state index contributed by atoms with van der Waals surface area (Å²) in [4.78, 5) is 32.8. The lowest BCUT2D eigenvalue weighted by atomic mass is 10.1. The Morgan fingerprint density at radius 2 is 1.57 bits per heavy atom. The van der Waals surface area contributed by atoms with Gasteiger partial charge in [-0.25, -0.2) is 15.0 Å². The Kier molecular flexibility index (Phi) is 5.88. The van der Waals surface area contributed by atoms with Crippen LogP contribution in [0, 0.1) is 0 Å². The molecule has 0 bridgehead atoms. The number of fused-ring (bicyclic) bond motifs is 1. The molecule has 6 rings (SSSR count). The van der Waals surface area contributed by atoms with Crippen molar-refractivity contribution in [1.29, 1.82) is 0 Å². The summed E-state index contributed by atoms with van der Waals surface area (Å²) in [6.07, 6.45) is 10.7. The van der Waals surface area contributed by atoms with Crippen molar-refractivity contribution in [2.75, 3.05) is 49.1 Å². The predicted molar refractivity (Wildman–Crippen MR) is 138 cm³/mol. The molecule has 1 unspecified atom stereocenters. The standard InChI is InChI=1S/C27H29N7O/c35-20-25(34-13-9-21-6-5-10-28-26(21)34)32-16-14-31(15-17-32)24-8-2-1-7-23(24)22-18-29-27(30-19-22)33-11-3-4-12-33/h1-2,5-10,13,18-20,25H,3-4,11-12,14-17H2. The van der Waals surface area contributed by atoms with Gasteiger partial charge in [0.15, 0.2) is 6.29 Å². The lowest BCUT2D eigenvalue weighted by Gasteiger charge is -2.39. The number of benzene rings is 1. The van der Waals surface area contributed by atoms with E-state index in [-0.39, 0.29) is 6.17 Å². The first-order valence-electron chi connectivity index (χ1n) is 12.3. The molecule has 178 valence electrons. The lowest BCUT2D eigenvalue weighted by Crippen LogP contribution is -2.49. The van der Waals surface area contributed by atoms with Gasteiger partial charge in [-0.15, -0.1) is 0 Å². The van der Waals surface area contributed by atoms with Crippen LogP contribution in [0.1, 0.15) is 19.0 Å². The minimum Gasteiger partial charge on any atom is -0.368 e. The minimum absolute atomic E-state index is 0.355. The summed E-state index contributed by atoms with van der Waals surface area (Å²) in [6, 6.07) is 14.4. The molecule has 0 radical (unpaired) electrons. The largest absolute Gasteiger partial charge is 0.368 e. The van der Waals surface area contributed by atoms with Gasteiger partial charge >= 0.3 is 0 Å². The summed E-state index contributed by atoms with van der Waals surface area (Å²) in [5.41, 5.74) is 4.19. The zero-order valence-corrected chi connectivity index (χ0v) is 19.7. The second-order valence-electron chi connectivity index (χ2n) is 9.19. The normalized spacial score (nSPS) is 17.7. The van der Waals surface area contributed by atoms with E-state index in [1.165, 1.54) is 18.5 Å². The van der Waals surface area contributed by atoms with Crippen LogP contribution in [-0.2, 0) is 4.79 Å². The van der Waals surface area contributed by atoms with Crippen molar-refractivity contribution in [2.45, 2.75) is 19.0 Å². The Balaban J connectivity index is 1.19. The van der Waals surface area contributed by atoms with Gasteiger partial charge < -0.3 is 14.4 Å². The highest BCUT2D eigenvalue weighted by Gasteiger charge is 2.27. The number of carbonyl (C=O) groups excluding carboxylic acids is 1.